The zero-order valence-corrected chi connectivity index (χ0v) is 11.4. The maximum Gasteiger partial charge on any atom is 0.0643 e. The summed E-state index contributed by atoms with van der Waals surface area (Å²) in [6, 6.07) is 4.69. The summed E-state index contributed by atoms with van der Waals surface area (Å²) in [6.45, 7) is 2.21. The maximum atomic E-state index is 4.45. The second-order valence-electron chi connectivity index (χ2n) is 4.19. The van der Waals surface area contributed by atoms with Gasteiger partial charge in [-0.15, -0.1) is 11.3 Å². The highest BCUT2D eigenvalue weighted by atomic mass is 32.1. The fraction of sp³-hybridized carbons (Fsp3) is 0.462. The molecule has 0 bridgehead atoms. The van der Waals surface area contributed by atoms with Crippen LogP contribution >= 0.6 is 11.3 Å². The lowest BCUT2D eigenvalue weighted by atomic mass is 10.1. The van der Waals surface area contributed by atoms with Crippen LogP contribution in [0.3, 0.4) is 0 Å². The SMILES string of the molecule is CCc1ccsc1C(Cc1ccn(C)n1)NC. The van der Waals surface area contributed by atoms with Crippen LogP contribution in [0.15, 0.2) is 23.7 Å². The minimum absolute atomic E-state index is 0.375. The van der Waals surface area contributed by atoms with E-state index >= 15 is 0 Å². The van der Waals surface area contributed by atoms with Crippen LogP contribution in [0.2, 0.25) is 0 Å². The summed E-state index contributed by atoms with van der Waals surface area (Å²) in [6.07, 6.45) is 4.04. The van der Waals surface area contributed by atoms with Crippen LogP contribution in [0, 0.1) is 0 Å². The van der Waals surface area contributed by atoms with Crippen molar-refractivity contribution in [2.24, 2.45) is 7.05 Å². The fourth-order valence-electron chi connectivity index (χ4n) is 2.05. The van der Waals surface area contributed by atoms with E-state index in [0.29, 0.717) is 6.04 Å². The molecule has 2 heterocycles. The van der Waals surface area contributed by atoms with Crippen molar-refractivity contribution in [2.45, 2.75) is 25.8 Å². The number of aromatic nitrogens is 2. The van der Waals surface area contributed by atoms with Crippen LogP contribution in [-0.4, -0.2) is 16.8 Å². The third kappa shape index (κ3) is 2.76. The molecule has 0 spiro atoms. The molecule has 0 aromatic carbocycles. The van der Waals surface area contributed by atoms with Crippen molar-refractivity contribution >= 4 is 11.3 Å². The van der Waals surface area contributed by atoms with Gasteiger partial charge in [-0.25, -0.2) is 0 Å². The summed E-state index contributed by atoms with van der Waals surface area (Å²) >= 11 is 1.84. The van der Waals surface area contributed by atoms with E-state index in [4.69, 9.17) is 0 Å². The Kier molecular flexibility index (Phi) is 3.97. The van der Waals surface area contributed by atoms with Gasteiger partial charge in [0.15, 0.2) is 0 Å². The third-order valence-corrected chi connectivity index (χ3v) is 4.08. The molecule has 0 aliphatic rings. The molecule has 3 nitrogen and oxygen atoms in total. The fourth-order valence-corrected chi connectivity index (χ4v) is 3.16. The molecule has 1 N–H and O–H groups in total. The molecule has 17 heavy (non-hydrogen) atoms. The average molecular weight is 249 g/mol. The van der Waals surface area contributed by atoms with E-state index in [-0.39, 0.29) is 0 Å². The van der Waals surface area contributed by atoms with Crippen molar-refractivity contribution in [2.75, 3.05) is 7.05 Å². The first-order valence-corrected chi connectivity index (χ1v) is 6.84. The summed E-state index contributed by atoms with van der Waals surface area (Å²) in [7, 11) is 3.98. The van der Waals surface area contributed by atoms with Crippen molar-refractivity contribution in [3.63, 3.8) is 0 Å². The topological polar surface area (TPSA) is 29.9 Å². The van der Waals surface area contributed by atoms with Crippen LogP contribution < -0.4 is 5.32 Å². The molecule has 0 fully saturated rings. The number of likely N-dealkylation sites (N-methyl/N-ethyl adjacent to an activating group) is 1. The highest BCUT2D eigenvalue weighted by molar-refractivity contribution is 7.10. The van der Waals surface area contributed by atoms with Gasteiger partial charge in [-0.2, -0.15) is 5.10 Å². The highest BCUT2D eigenvalue weighted by Gasteiger charge is 2.15. The first-order valence-electron chi connectivity index (χ1n) is 5.96. The molecule has 2 rings (SSSR count). The van der Waals surface area contributed by atoms with Crippen molar-refractivity contribution in [1.29, 1.82) is 0 Å². The second-order valence-corrected chi connectivity index (χ2v) is 5.14. The van der Waals surface area contributed by atoms with E-state index in [1.165, 1.54) is 10.4 Å². The van der Waals surface area contributed by atoms with Gasteiger partial charge in [0.1, 0.15) is 0 Å². The Labute approximate surface area is 106 Å². The van der Waals surface area contributed by atoms with Crippen LogP contribution in [0.25, 0.3) is 0 Å². The Morgan fingerprint density at radius 2 is 2.29 bits per heavy atom. The van der Waals surface area contributed by atoms with Crippen molar-refractivity contribution in [3.8, 4) is 0 Å². The molecule has 4 heteroatoms. The summed E-state index contributed by atoms with van der Waals surface area (Å²) < 4.78 is 1.86. The monoisotopic (exact) mass is 249 g/mol. The lowest BCUT2D eigenvalue weighted by Gasteiger charge is -2.15. The predicted octanol–water partition coefficient (Wildman–Crippen LogP) is 2.55. The average Bonchev–Trinajstić information content (AvgIpc) is 2.94. The summed E-state index contributed by atoms with van der Waals surface area (Å²) in [5.41, 5.74) is 2.59. The van der Waals surface area contributed by atoms with Gasteiger partial charge in [-0.05, 0) is 36.5 Å². The Morgan fingerprint density at radius 1 is 1.47 bits per heavy atom. The van der Waals surface area contributed by atoms with Crippen LogP contribution in [0.4, 0.5) is 0 Å². The highest BCUT2D eigenvalue weighted by Crippen LogP contribution is 2.27. The third-order valence-electron chi connectivity index (χ3n) is 3.01. The molecule has 0 saturated heterocycles. The molecule has 1 atom stereocenters. The lowest BCUT2D eigenvalue weighted by Crippen LogP contribution is -2.19. The minimum Gasteiger partial charge on any atom is -0.312 e. The normalized spacial score (nSPS) is 12.9. The molecule has 0 aliphatic carbocycles. The Bertz CT molecular complexity index is 472. The van der Waals surface area contributed by atoms with E-state index in [2.05, 4.69) is 34.9 Å². The number of thiophene rings is 1. The summed E-state index contributed by atoms with van der Waals surface area (Å²) in [5, 5.41) is 10.0. The van der Waals surface area contributed by atoms with Gasteiger partial charge in [0, 0.05) is 30.6 Å². The Balaban J connectivity index is 2.16. The zero-order chi connectivity index (χ0) is 12.3. The Morgan fingerprint density at radius 3 is 2.88 bits per heavy atom. The molecule has 0 aliphatic heterocycles. The summed E-state index contributed by atoms with van der Waals surface area (Å²) in [5.74, 6) is 0. The number of hydrogen-bond acceptors (Lipinski definition) is 3. The minimum atomic E-state index is 0.375. The quantitative estimate of drug-likeness (QED) is 0.882. The van der Waals surface area contributed by atoms with Gasteiger partial charge >= 0.3 is 0 Å². The van der Waals surface area contributed by atoms with Gasteiger partial charge in [-0.1, -0.05) is 6.92 Å². The first-order chi connectivity index (χ1) is 8.24. The molecule has 1 unspecified atom stereocenters. The van der Waals surface area contributed by atoms with E-state index in [0.717, 1.165) is 18.5 Å². The first kappa shape index (κ1) is 12.3. The molecule has 0 saturated carbocycles. The molecule has 2 aromatic rings. The van der Waals surface area contributed by atoms with Crippen molar-refractivity contribution in [3.05, 3.63) is 39.8 Å². The standard InChI is InChI=1S/C13H19N3S/c1-4-10-6-8-17-13(10)12(14-2)9-11-5-7-16(3)15-11/h5-8,12,14H,4,9H2,1-3H3. The molecule has 92 valence electrons. The van der Waals surface area contributed by atoms with Crippen molar-refractivity contribution in [1.82, 2.24) is 15.1 Å². The van der Waals surface area contributed by atoms with Gasteiger partial charge in [-0.3, -0.25) is 4.68 Å². The molecule has 2 aromatic heterocycles. The summed E-state index contributed by atoms with van der Waals surface area (Å²) in [4.78, 5) is 1.45. The number of aryl methyl sites for hydroxylation is 2. The van der Waals surface area contributed by atoms with E-state index in [1.54, 1.807) is 0 Å². The smallest absolute Gasteiger partial charge is 0.0643 e. The van der Waals surface area contributed by atoms with Crippen LogP contribution in [0.1, 0.15) is 29.1 Å². The maximum absolute atomic E-state index is 4.45. The number of hydrogen-bond donors (Lipinski definition) is 1. The van der Waals surface area contributed by atoms with Crippen LogP contribution in [-0.2, 0) is 19.9 Å². The molecule has 0 radical (unpaired) electrons. The molecular formula is C13H19N3S. The number of nitrogens with zero attached hydrogens (tertiary/aromatic N) is 2. The Hall–Kier alpha value is -1.13. The van der Waals surface area contributed by atoms with E-state index < -0.39 is 0 Å². The van der Waals surface area contributed by atoms with Crippen LogP contribution in [0.5, 0.6) is 0 Å². The molecular weight excluding hydrogens is 230 g/mol. The van der Waals surface area contributed by atoms with Gasteiger partial charge in [0.25, 0.3) is 0 Å². The zero-order valence-electron chi connectivity index (χ0n) is 10.6. The van der Waals surface area contributed by atoms with E-state index in [9.17, 15) is 0 Å². The van der Waals surface area contributed by atoms with Gasteiger partial charge in [0.05, 0.1) is 5.69 Å². The van der Waals surface area contributed by atoms with E-state index in [1.807, 2.05) is 36.3 Å². The number of nitrogens with one attached hydrogen (secondary N) is 1. The number of rotatable bonds is 5. The largest absolute Gasteiger partial charge is 0.312 e. The van der Waals surface area contributed by atoms with Crippen molar-refractivity contribution < 1.29 is 0 Å². The molecule has 0 amide bonds. The predicted molar refractivity (Wildman–Crippen MR) is 72.4 cm³/mol. The second kappa shape index (κ2) is 5.47. The van der Waals surface area contributed by atoms with Gasteiger partial charge < -0.3 is 5.32 Å². The lowest BCUT2D eigenvalue weighted by molar-refractivity contribution is 0.582. The van der Waals surface area contributed by atoms with Gasteiger partial charge in [0.2, 0.25) is 0 Å².